The normalized spacial score (nSPS) is 27.8. The Kier molecular flexibility index (Phi) is 4.87. The largest absolute Gasteiger partial charge is 0.368 e. The monoisotopic (exact) mass is 260 g/mol. The third-order valence-corrected chi connectivity index (χ3v) is 5.08. The first-order valence-corrected chi connectivity index (χ1v) is 7.71. The van der Waals surface area contributed by atoms with Gasteiger partial charge in [-0.25, -0.2) is 0 Å². The molecule has 0 heterocycles. The first kappa shape index (κ1) is 14.4. The van der Waals surface area contributed by atoms with Gasteiger partial charge in [-0.1, -0.05) is 44.4 Å². The average Bonchev–Trinajstić information content (AvgIpc) is 2.70. The number of rotatable bonds is 4. The van der Waals surface area contributed by atoms with E-state index in [1.165, 1.54) is 44.2 Å². The topological polar surface area (TPSA) is 29.3 Å². The van der Waals surface area contributed by atoms with Gasteiger partial charge in [0.05, 0.1) is 5.54 Å². The zero-order valence-electron chi connectivity index (χ0n) is 12.4. The van der Waals surface area contributed by atoms with Crippen LogP contribution in [0.15, 0.2) is 30.3 Å². The number of likely N-dealkylation sites (N-methyl/N-ethyl adjacent to an activating group) is 1. The van der Waals surface area contributed by atoms with Crippen molar-refractivity contribution in [2.45, 2.75) is 51.0 Å². The van der Waals surface area contributed by atoms with Gasteiger partial charge in [-0.2, -0.15) is 0 Å². The van der Waals surface area contributed by atoms with Crippen LogP contribution in [0.1, 0.15) is 45.4 Å². The highest BCUT2D eigenvalue weighted by atomic mass is 15.2. The molecule has 1 aromatic rings. The van der Waals surface area contributed by atoms with E-state index in [-0.39, 0.29) is 5.54 Å². The van der Waals surface area contributed by atoms with Crippen molar-refractivity contribution in [3.8, 4) is 0 Å². The maximum atomic E-state index is 6.19. The summed E-state index contributed by atoms with van der Waals surface area (Å²) in [6.45, 7) is 3.08. The lowest BCUT2D eigenvalue weighted by Gasteiger charge is -2.42. The predicted octanol–water partition coefficient (Wildman–Crippen LogP) is 3.81. The molecule has 2 N–H and O–H groups in total. The highest BCUT2D eigenvalue weighted by molar-refractivity contribution is 5.48. The van der Waals surface area contributed by atoms with Gasteiger partial charge >= 0.3 is 0 Å². The summed E-state index contributed by atoms with van der Waals surface area (Å²) >= 11 is 0. The minimum atomic E-state index is 0.158. The Morgan fingerprint density at radius 1 is 1.21 bits per heavy atom. The second kappa shape index (κ2) is 6.42. The van der Waals surface area contributed by atoms with Gasteiger partial charge in [0, 0.05) is 19.3 Å². The molecular formula is C17H28N2. The smallest absolute Gasteiger partial charge is 0.0521 e. The maximum Gasteiger partial charge on any atom is 0.0521 e. The fourth-order valence-electron chi connectivity index (χ4n) is 3.47. The minimum Gasteiger partial charge on any atom is -0.368 e. The summed E-state index contributed by atoms with van der Waals surface area (Å²) in [5.41, 5.74) is 7.64. The lowest BCUT2D eigenvalue weighted by atomic mass is 9.87. The van der Waals surface area contributed by atoms with Crippen LogP contribution >= 0.6 is 0 Å². The number of hydrogen-bond donors (Lipinski definition) is 1. The van der Waals surface area contributed by atoms with Crippen LogP contribution in [0.3, 0.4) is 0 Å². The number of benzene rings is 1. The van der Waals surface area contributed by atoms with E-state index in [1.807, 2.05) is 0 Å². The number of hydrogen-bond acceptors (Lipinski definition) is 2. The van der Waals surface area contributed by atoms with E-state index in [1.54, 1.807) is 0 Å². The van der Waals surface area contributed by atoms with Gasteiger partial charge in [0.25, 0.3) is 0 Å². The highest BCUT2D eigenvalue weighted by Gasteiger charge is 2.35. The first-order valence-electron chi connectivity index (χ1n) is 7.71. The molecule has 2 heteroatoms. The van der Waals surface area contributed by atoms with Crippen LogP contribution in [0.25, 0.3) is 0 Å². The van der Waals surface area contributed by atoms with Gasteiger partial charge in [-0.05, 0) is 37.3 Å². The van der Waals surface area contributed by atoms with E-state index in [0.717, 1.165) is 12.5 Å². The molecule has 0 aliphatic heterocycles. The number of anilines is 1. The average molecular weight is 260 g/mol. The third-order valence-electron chi connectivity index (χ3n) is 5.08. The molecule has 0 spiro atoms. The van der Waals surface area contributed by atoms with E-state index >= 15 is 0 Å². The second-order valence-corrected chi connectivity index (χ2v) is 6.03. The van der Waals surface area contributed by atoms with Gasteiger partial charge < -0.3 is 10.6 Å². The Bertz CT molecular complexity index is 376. The molecule has 19 heavy (non-hydrogen) atoms. The molecule has 2 unspecified atom stereocenters. The number of nitrogens with zero attached hydrogens (tertiary/aromatic N) is 1. The van der Waals surface area contributed by atoms with E-state index < -0.39 is 0 Å². The van der Waals surface area contributed by atoms with Crippen molar-refractivity contribution >= 4 is 5.69 Å². The molecule has 1 saturated carbocycles. The minimum absolute atomic E-state index is 0.158. The van der Waals surface area contributed by atoms with E-state index in [0.29, 0.717) is 0 Å². The van der Waals surface area contributed by atoms with Gasteiger partial charge in [-0.3, -0.25) is 0 Å². The van der Waals surface area contributed by atoms with Crippen molar-refractivity contribution in [2.24, 2.45) is 11.7 Å². The van der Waals surface area contributed by atoms with E-state index in [2.05, 4.69) is 49.2 Å². The van der Waals surface area contributed by atoms with Crippen molar-refractivity contribution in [1.82, 2.24) is 0 Å². The second-order valence-electron chi connectivity index (χ2n) is 6.03. The van der Waals surface area contributed by atoms with Crippen LogP contribution in [0.5, 0.6) is 0 Å². The Hall–Kier alpha value is -1.02. The molecule has 0 bridgehead atoms. The fourth-order valence-corrected chi connectivity index (χ4v) is 3.47. The van der Waals surface area contributed by atoms with Crippen LogP contribution in [0, 0.1) is 5.92 Å². The number of nitrogens with two attached hydrogens (primary N) is 1. The zero-order chi connectivity index (χ0) is 13.7. The Morgan fingerprint density at radius 3 is 2.58 bits per heavy atom. The molecule has 1 fully saturated rings. The SMILES string of the molecule is CCC1CCCC(CN)(N(C)c2ccccc2)CC1. The van der Waals surface area contributed by atoms with Crippen molar-refractivity contribution in [1.29, 1.82) is 0 Å². The molecular weight excluding hydrogens is 232 g/mol. The first-order chi connectivity index (χ1) is 9.22. The van der Waals surface area contributed by atoms with Crippen LogP contribution in [0.2, 0.25) is 0 Å². The lowest BCUT2D eigenvalue weighted by Crippen LogP contribution is -2.52. The van der Waals surface area contributed by atoms with Crippen molar-refractivity contribution in [3.05, 3.63) is 30.3 Å². The van der Waals surface area contributed by atoms with Crippen molar-refractivity contribution < 1.29 is 0 Å². The molecule has 106 valence electrons. The summed E-state index contributed by atoms with van der Waals surface area (Å²) in [5.74, 6) is 0.901. The molecule has 1 aliphatic rings. The Balaban J connectivity index is 2.17. The lowest BCUT2D eigenvalue weighted by molar-refractivity contribution is 0.353. The summed E-state index contributed by atoms with van der Waals surface area (Å²) in [7, 11) is 2.22. The Labute approximate surface area is 118 Å². The van der Waals surface area contributed by atoms with Crippen LogP contribution in [0.4, 0.5) is 5.69 Å². The molecule has 0 radical (unpaired) electrons. The predicted molar refractivity (Wildman–Crippen MR) is 83.5 cm³/mol. The molecule has 1 aliphatic carbocycles. The van der Waals surface area contributed by atoms with Crippen LogP contribution < -0.4 is 10.6 Å². The molecule has 2 atom stereocenters. The van der Waals surface area contributed by atoms with Gasteiger partial charge in [0.15, 0.2) is 0 Å². The third kappa shape index (κ3) is 3.11. The van der Waals surface area contributed by atoms with Gasteiger partial charge in [0.1, 0.15) is 0 Å². The van der Waals surface area contributed by atoms with Gasteiger partial charge in [0.2, 0.25) is 0 Å². The molecule has 2 rings (SSSR count). The van der Waals surface area contributed by atoms with Crippen LogP contribution in [-0.2, 0) is 0 Å². The number of para-hydroxylation sites is 1. The molecule has 0 aromatic heterocycles. The summed E-state index contributed by atoms with van der Waals surface area (Å²) in [6, 6.07) is 10.7. The zero-order valence-corrected chi connectivity index (χ0v) is 12.4. The maximum absolute atomic E-state index is 6.19. The summed E-state index contributed by atoms with van der Waals surface area (Å²) in [4.78, 5) is 2.44. The fraction of sp³-hybridized carbons (Fsp3) is 0.647. The summed E-state index contributed by atoms with van der Waals surface area (Å²) in [5, 5.41) is 0. The van der Waals surface area contributed by atoms with Crippen molar-refractivity contribution in [3.63, 3.8) is 0 Å². The van der Waals surface area contributed by atoms with Crippen molar-refractivity contribution in [2.75, 3.05) is 18.5 Å². The van der Waals surface area contributed by atoms with Crippen LogP contribution in [-0.4, -0.2) is 19.1 Å². The molecule has 2 nitrogen and oxygen atoms in total. The van der Waals surface area contributed by atoms with E-state index in [9.17, 15) is 0 Å². The molecule has 0 amide bonds. The van der Waals surface area contributed by atoms with E-state index in [4.69, 9.17) is 5.73 Å². The Morgan fingerprint density at radius 2 is 1.95 bits per heavy atom. The summed E-state index contributed by atoms with van der Waals surface area (Å²) in [6.07, 6.45) is 7.78. The molecule has 0 saturated heterocycles. The molecule has 1 aromatic carbocycles. The van der Waals surface area contributed by atoms with Gasteiger partial charge in [-0.15, -0.1) is 0 Å². The quantitative estimate of drug-likeness (QED) is 0.834. The summed E-state index contributed by atoms with van der Waals surface area (Å²) < 4.78 is 0. The highest BCUT2D eigenvalue weighted by Crippen LogP contribution is 2.36. The standard InChI is InChI=1S/C17H28N2/c1-3-15-8-7-12-17(14-18,13-11-15)19(2)16-9-5-4-6-10-16/h4-6,9-10,15H,3,7-8,11-14,18H2,1-2H3.